The van der Waals surface area contributed by atoms with Crippen LogP contribution >= 0.6 is 11.6 Å². The molecule has 2 aromatic heterocycles. The van der Waals surface area contributed by atoms with Crippen molar-refractivity contribution in [2.75, 3.05) is 6.54 Å². The molecule has 4 rings (SSSR count). The molecule has 0 saturated heterocycles. The van der Waals surface area contributed by atoms with Gasteiger partial charge in [-0.25, -0.2) is 4.98 Å². The van der Waals surface area contributed by atoms with Crippen molar-refractivity contribution >= 4 is 17.3 Å². The molecule has 1 N–H and O–H groups in total. The summed E-state index contributed by atoms with van der Waals surface area (Å²) in [7, 11) is 0. The van der Waals surface area contributed by atoms with Gasteiger partial charge in [0, 0.05) is 50.1 Å². The van der Waals surface area contributed by atoms with Gasteiger partial charge < -0.3 is 4.98 Å². The number of pyridine rings is 1. The van der Waals surface area contributed by atoms with Crippen molar-refractivity contribution in [1.29, 1.82) is 0 Å². The molecular formula is C19H16ClN5O3. The van der Waals surface area contributed by atoms with Crippen LogP contribution in [0.5, 0.6) is 0 Å². The fourth-order valence-electron chi connectivity index (χ4n) is 3.31. The fraction of sp³-hybridized carbons (Fsp3) is 0.211. The zero-order valence-corrected chi connectivity index (χ0v) is 15.5. The molecule has 0 amide bonds. The van der Waals surface area contributed by atoms with Gasteiger partial charge in [0.2, 0.25) is 0 Å². The molecule has 142 valence electrons. The Labute approximate surface area is 165 Å². The molecule has 0 atom stereocenters. The normalized spacial score (nSPS) is 13.9. The molecule has 8 nitrogen and oxygen atoms in total. The zero-order valence-electron chi connectivity index (χ0n) is 14.8. The van der Waals surface area contributed by atoms with E-state index in [9.17, 15) is 14.9 Å². The van der Waals surface area contributed by atoms with E-state index in [1.807, 2.05) is 6.07 Å². The van der Waals surface area contributed by atoms with Crippen LogP contribution < -0.4 is 5.56 Å². The van der Waals surface area contributed by atoms with E-state index in [0.717, 1.165) is 16.8 Å². The van der Waals surface area contributed by atoms with Gasteiger partial charge in [-0.1, -0.05) is 17.7 Å². The van der Waals surface area contributed by atoms with E-state index < -0.39 is 4.92 Å². The molecule has 0 saturated carbocycles. The minimum Gasteiger partial charge on any atom is -0.306 e. The molecule has 0 unspecified atom stereocenters. The van der Waals surface area contributed by atoms with E-state index in [0.29, 0.717) is 37.4 Å². The first kappa shape index (κ1) is 18.3. The minimum absolute atomic E-state index is 0.112. The summed E-state index contributed by atoms with van der Waals surface area (Å²) in [6, 6.07) is 8.41. The van der Waals surface area contributed by atoms with Gasteiger partial charge >= 0.3 is 0 Å². The maximum Gasteiger partial charge on any atom is 0.288 e. The highest BCUT2D eigenvalue weighted by atomic mass is 35.5. The SMILES string of the molecule is O=c1[nH]c(-c2cccnc2)nc2c1CN(Cc1ccc(Cl)c([N+](=O)[O-])c1)CC2. The molecule has 3 aromatic rings. The lowest BCUT2D eigenvalue weighted by molar-refractivity contribution is -0.384. The van der Waals surface area contributed by atoms with Crippen LogP contribution in [0.2, 0.25) is 5.02 Å². The van der Waals surface area contributed by atoms with Crippen molar-refractivity contribution in [2.24, 2.45) is 0 Å². The Kier molecular flexibility index (Phi) is 4.89. The molecule has 0 spiro atoms. The first-order valence-electron chi connectivity index (χ1n) is 8.69. The highest BCUT2D eigenvalue weighted by Gasteiger charge is 2.22. The molecule has 28 heavy (non-hydrogen) atoms. The number of aromatic nitrogens is 3. The lowest BCUT2D eigenvalue weighted by Crippen LogP contribution is -2.35. The predicted molar refractivity (Wildman–Crippen MR) is 104 cm³/mol. The lowest BCUT2D eigenvalue weighted by atomic mass is 10.1. The Morgan fingerprint density at radius 1 is 1.32 bits per heavy atom. The Hall–Kier alpha value is -3.10. The Morgan fingerprint density at radius 2 is 2.18 bits per heavy atom. The molecule has 3 heterocycles. The zero-order chi connectivity index (χ0) is 19.7. The minimum atomic E-state index is -0.494. The number of fused-ring (bicyclic) bond motifs is 1. The van der Waals surface area contributed by atoms with Gasteiger partial charge in [-0.2, -0.15) is 0 Å². The Morgan fingerprint density at radius 3 is 2.93 bits per heavy atom. The number of hydrogen-bond acceptors (Lipinski definition) is 6. The van der Waals surface area contributed by atoms with E-state index in [2.05, 4.69) is 19.9 Å². The van der Waals surface area contributed by atoms with Crippen molar-refractivity contribution in [3.05, 3.63) is 85.0 Å². The van der Waals surface area contributed by atoms with E-state index >= 15 is 0 Å². The summed E-state index contributed by atoms with van der Waals surface area (Å²) < 4.78 is 0. The summed E-state index contributed by atoms with van der Waals surface area (Å²) in [5.74, 6) is 0.513. The number of rotatable bonds is 4. The first-order chi connectivity index (χ1) is 13.5. The predicted octanol–water partition coefficient (Wildman–Crippen LogP) is 2.95. The summed E-state index contributed by atoms with van der Waals surface area (Å²) in [5.41, 5.74) is 2.66. The van der Waals surface area contributed by atoms with Crippen LogP contribution in [0.1, 0.15) is 16.8 Å². The third-order valence-electron chi connectivity index (χ3n) is 4.70. The second-order valence-corrected chi connectivity index (χ2v) is 6.99. The van der Waals surface area contributed by atoms with Gasteiger partial charge in [0.1, 0.15) is 10.8 Å². The van der Waals surface area contributed by atoms with Gasteiger partial charge in [0.15, 0.2) is 0 Å². The number of nitrogens with zero attached hydrogens (tertiary/aromatic N) is 4. The summed E-state index contributed by atoms with van der Waals surface area (Å²) in [4.78, 5) is 36.7. The molecule has 0 bridgehead atoms. The molecule has 1 aromatic carbocycles. The summed E-state index contributed by atoms with van der Waals surface area (Å²) >= 11 is 5.87. The average molecular weight is 398 g/mol. The van der Waals surface area contributed by atoms with Gasteiger partial charge in [0.05, 0.1) is 16.2 Å². The van der Waals surface area contributed by atoms with Gasteiger partial charge in [0.25, 0.3) is 11.2 Å². The van der Waals surface area contributed by atoms with E-state index in [4.69, 9.17) is 11.6 Å². The van der Waals surface area contributed by atoms with Crippen molar-refractivity contribution in [3.63, 3.8) is 0 Å². The quantitative estimate of drug-likeness (QED) is 0.536. The maximum absolute atomic E-state index is 12.6. The molecule has 0 aliphatic carbocycles. The first-order valence-corrected chi connectivity index (χ1v) is 9.06. The number of nitro groups is 1. The van der Waals surface area contributed by atoms with Crippen LogP contribution in [0.25, 0.3) is 11.4 Å². The second-order valence-electron chi connectivity index (χ2n) is 6.59. The van der Waals surface area contributed by atoms with Crippen LogP contribution in [0.4, 0.5) is 5.69 Å². The second kappa shape index (κ2) is 7.49. The van der Waals surface area contributed by atoms with E-state index in [1.54, 1.807) is 24.5 Å². The van der Waals surface area contributed by atoms with Gasteiger partial charge in [-0.15, -0.1) is 0 Å². The lowest BCUT2D eigenvalue weighted by Gasteiger charge is -2.27. The topological polar surface area (TPSA) is 105 Å². The third-order valence-corrected chi connectivity index (χ3v) is 5.02. The van der Waals surface area contributed by atoms with Crippen LogP contribution in [0, 0.1) is 10.1 Å². The highest BCUT2D eigenvalue weighted by Crippen LogP contribution is 2.26. The molecule has 0 radical (unpaired) electrons. The highest BCUT2D eigenvalue weighted by molar-refractivity contribution is 6.32. The van der Waals surface area contributed by atoms with Crippen molar-refractivity contribution in [1.82, 2.24) is 19.9 Å². The monoisotopic (exact) mass is 397 g/mol. The van der Waals surface area contributed by atoms with Crippen molar-refractivity contribution < 1.29 is 4.92 Å². The number of nitro benzene ring substituents is 1. The number of hydrogen-bond donors (Lipinski definition) is 1. The molecule has 0 fully saturated rings. The van der Waals surface area contributed by atoms with Gasteiger partial charge in [-0.3, -0.25) is 24.8 Å². The van der Waals surface area contributed by atoms with Crippen LogP contribution in [0.15, 0.2) is 47.5 Å². The third kappa shape index (κ3) is 3.64. The van der Waals surface area contributed by atoms with Crippen LogP contribution in [-0.2, 0) is 19.5 Å². The summed E-state index contributed by atoms with van der Waals surface area (Å²) in [6.45, 7) is 1.62. The number of benzene rings is 1. The van der Waals surface area contributed by atoms with Crippen LogP contribution in [0.3, 0.4) is 0 Å². The molecule has 1 aliphatic rings. The largest absolute Gasteiger partial charge is 0.306 e. The Bertz CT molecular complexity index is 1100. The van der Waals surface area contributed by atoms with E-state index in [-0.39, 0.29) is 16.3 Å². The molecule has 9 heteroatoms. The van der Waals surface area contributed by atoms with Crippen LogP contribution in [-0.4, -0.2) is 31.3 Å². The number of aromatic amines is 1. The van der Waals surface area contributed by atoms with Gasteiger partial charge in [-0.05, 0) is 23.8 Å². The van der Waals surface area contributed by atoms with E-state index in [1.165, 1.54) is 12.1 Å². The summed E-state index contributed by atoms with van der Waals surface area (Å²) in [6.07, 6.45) is 3.95. The fourth-order valence-corrected chi connectivity index (χ4v) is 3.50. The number of halogens is 1. The smallest absolute Gasteiger partial charge is 0.288 e. The average Bonchev–Trinajstić information content (AvgIpc) is 2.70. The summed E-state index contributed by atoms with van der Waals surface area (Å²) in [5, 5.41) is 11.2. The maximum atomic E-state index is 12.6. The Balaban J connectivity index is 1.57. The molecule has 1 aliphatic heterocycles. The number of H-pyrrole nitrogens is 1. The molecular weight excluding hydrogens is 382 g/mol. The van der Waals surface area contributed by atoms with Crippen molar-refractivity contribution in [2.45, 2.75) is 19.5 Å². The standard InChI is InChI=1S/C19H16ClN5O3/c20-15-4-3-12(8-17(15)25(27)28)10-24-7-5-16-14(11-24)19(26)23-18(22-16)13-2-1-6-21-9-13/h1-4,6,8-9H,5,7,10-11H2,(H,22,23,26). The number of nitrogens with one attached hydrogen (secondary N) is 1. The van der Waals surface area contributed by atoms with Crippen molar-refractivity contribution in [3.8, 4) is 11.4 Å².